The van der Waals surface area contributed by atoms with E-state index in [1.807, 2.05) is 34.0 Å². The lowest BCUT2D eigenvalue weighted by atomic mass is 9.37. The standard InChI is InChI=1S/C74H48BN3S3/c1-77(64-22-10-4-16-52(64)58-40-43-61-55-19-7-13-25-67(55)80-73(61)70(58)77)49-35-29-46(30-36-49)75(45-27-33-48(34-28-45)76-63-21-9-3-15-51(63)57-39-42-60-54-18-6-12-24-66(54)79-72(60)69(57)76)47-31-37-50(38-32-47)78(2)65-23-11-5-17-53(65)59-41-44-62-56-20-8-14-26-68(56)81-74(62)71(59)78/h3-44H,1-2H3/q+2. The third kappa shape index (κ3) is 6.19. The highest BCUT2D eigenvalue weighted by Gasteiger charge is 2.46. The zero-order chi connectivity index (χ0) is 53.3. The molecule has 378 valence electrons. The summed E-state index contributed by atoms with van der Waals surface area (Å²) in [6.07, 6.45) is 0. The molecule has 2 atom stereocenters. The molecule has 0 spiro atoms. The van der Waals surface area contributed by atoms with Gasteiger partial charge in [-0.15, -0.1) is 34.0 Å². The van der Waals surface area contributed by atoms with Gasteiger partial charge in [-0.05, 0) is 84.9 Å². The maximum absolute atomic E-state index is 2.51. The molecule has 0 radical (unpaired) electrons. The SMILES string of the molecule is C[N+]1(c2ccc(B(c3ccc(-n4c5ccccc5c5ccc6c7ccccc7sc6c54)cc3)c3ccc([N+]4(C)c5ccccc5-c5ccc6c(sc7ccccc76)c54)cc3)cc2)c2ccccc2-c2ccc3c(sc4ccccc43)c21. The van der Waals surface area contributed by atoms with Gasteiger partial charge in [-0.25, -0.2) is 8.97 Å². The van der Waals surface area contributed by atoms with Crippen molar-refractivity contribution in [1.82, 2.24) is 13.5 Å². The third-order valence-electron chi connectivity index (χ3n) is 18.4. The highest BCUT2D eigenvalue weighted by atomic mass is 32.1. The van der Waals surface area contributed by atoms with Crippen molar-refractivity contribution >= 4 is 174 Å². The molecule has 18 rings (SSSR count). The fraction of sp³-hybridized carbons (Fsp3) is 0.0270. The zero-order valence-electron chi connectivity index (χ0n) is 44.4. The van der Waals surface area contributed by atoms with Gasteiger partial charge in [0.05, 0.1) is 50.4 Å². The van der Waals surface area contributed by atoms with Gasteiger partial charge in [0.2, 0.25) is 6.71 Å². The second-order valence-electron chi connectivity index (χ2n) is 22.4. The van der Waals surface area contributed by atoms with Gasteiger partial charge < -0.3 is 4.57 Å². The van der Waals surface area contributed by atoms with Crippen molar-refractivity contribution in [3.05, 3.63) is 255 Å². The lowest BCUT2D eigenvalue weighted by Crippen LogP contribution is -2.52. The van der Waals surface area contributed by atoms with E-state index >= 15 is 0 Å². The summed E-state index contributed by atoms with van der Waals surface area (Å²) in [6.45, 7) is -0.0508. The molecular weight excluding hydrogens is 1040 g/mol. The van der Waals surface area contributed by atoms with E-state index in [1.54, 1.807) is 0 Å². The van der Waals surface area contributed by atoms with Crippen molar-refractivity contribution in [3.63, 3.8) is 0 Å². The van der Waals surface area contributed by atoms with Gasteiger partial charge >= 0.3 is 0 Å². The van der Waals surface area contributed by atoms with E-state index in [-0.39, 0.29) is 6.71 Å². The zero-order valence-corrected chi connectivity index (χ0v) is 46.8. The van der Waals surface area contributed by atoms with E-state index in [4.69, 9.17) is 0 Å². The van der Waals surface area contributed by atoms with Gasteiger partial charge in [0.15, 0.2) is 22.7 Å². The van der Waals surface area contributed by atoms with Gasteiger partial charge in [0, 0.05) is 86.1 Å². The van der Waals surface area contributed by atoms with Gasteiger partial charge in [0.25, 0.3) is 0 Å². The molecule has 6 heterocycles. The fourth-order valence-corrected chi connectivity index (χ4v) is 18.6. The summed E-state index contributed by atoms with van der Waals surface area (Å²) in [7, 11) is 4.81. The Labute approximate surface area is 480 Å². The Morgan fingerprint density at radius 3 is 1.20 bits per heavy atom. The predicted molar refractivity (Wildman–Crippen MR) is 355 cm³/mol. The molecule has 0 bridgehead atoms. The van der Waals surface area contributed by atoms with E-state index in [0.29, 0.717) is 8.97 Å². The molecular formula is C74H48BN3S3+2. The smallest absolute Gasteiger partial charge is 0.241 e. The molecule has 0 saturated carbocycles. The molecule has 4 aromatic heterocycles. The number of hydrogen-bond donors (Lipinski definition) is 0. The van der Waals surface area contributed by atoms with Crippen LogP contribution in [0.5, 0.6) is 0 Å². The molecule has 12 aromatic carbocycles. The number of aromatic nitrogens is 1. The summed E-state index contributed by atoms with van der Waals surface area (Å²) in [5.74, 6) is 0. The molecule has 0 N–H and O–H groups in total. The van der Waals surface area contributed by atoms with Crippen molar-refractivity contribution in [2.75, 3.05) is 14.1 Å². The highest BCUT2D eigenvalue weighted by molar-refractivity contribution is 7.27. The Hall–Kier alpha value is -8.92. The minimum Gasteiger partial charge on any atom is -0.308 e. The van der Waals surface area contributed by atoms with Crippen molar-refractivity contribution in [2.45, 2.75) is 0 Å². The second kappa shape index (κ2) is 16.8. The Kier molecular flexibility index (Phi) is 9.53. The van der Waals surface area contributed by atoms with Crippen molar-refractivity contribution in [3.8, 4) is 27.9 Å². The number of thiophene rings is 3. The first kappa shape index (κ1) is 45.9. The van der Waals surface area contributed by atoms with E-state index in [9.17, 15) is 0 Å². The lowest BCUT2D eigenvalue weighted by Gasteiger charge is -2.31. The second-order valence-corrected chi connectivity index (χ2v) is 25.6. The van der Waals surface area contributed by atoms with E-state index in [2.05, 4.69) is 273 Å². The minimum absolute atomic E-state index is 0.0508. The largest absolute Gasteiger partial charge is 0.308 e. The number of nitrogens with zero attached hydrogens (tertiary/aromatic N) is 3. The fourth-order valence-electron chi connectivity index (χ4n) is 14.7. The Bertz CT molecular complexity index is 5120. The quantitative estimate of drug-likeness (QED) is 0.116. The summed E-state index contributed by atoms with van der Waals surface area (Å²) in [5, 5.41) is 10.5. The van der Waals surface area contributed by atoms with Crippen LogP contribution in [0.25, 0.3) is 110 Å². The predicted octanol–water partition coefficient (Wildman–Crippen LogP) is 19.6. The average molecular weight is 1090 g/mol. The Morgan fingerprint density at radius 2 is 0.691 bits per heavy atom. The number of para-hydroxylation sites is 3. The molecule has 0 fully saturated rings. The van der Waals surface area contributed by atoms with Gasteiger partial charge in [0.1, 0.15) is 11.4 Å². The van der Waals surface area contributed by atoms with Crippen LogP contribution in [0.1, 0.15) is 0 Å². The lowest BCUT2D eigenvalue weighted by molar-refractivity contribution is 0.648. The maximum atomic E-state index is 2.51. The first-order valence-corrected chi connectivity index (χ1v) is 30.4. The van der Waals surface area contributed by atoms with Crippen LogP contribution in [0, 0.1) is 0 Å². The van der Waals surface area contributed by atoms with Gasteiger partial charge in [-0.2, -0.15) is 0 Å². The van der Waals surface area contributed by atoms with Gasteiger partial charge in [-0.3, -0.25) is 0 Å². The first-order valence-electron chi connectivity index (χ1n) is 27.9. The molecule has 3 nitrogen and oxygen atoms in total. The summed E-state index contributed by atoms with van der Waals surface area (Å²) >= 11 is 5.75. The summed E-state index contributed by atoms with van der Waals surface area (Å²) < 4.78 is 11.7. The van der Waals surface area contributed by atoms with Crippen LogP contribution in [0.3, 0.4) is 0 Å². The maximum Gasteiger partial charge on any atom is 0.241 e. The summed E-state index contributed by atoms with van der Waals surface area (Å²) in [6, 6.07) is 96.6. The van der Waals surface area contributed by atoms with Crippen molar-refractivity contribution in [2.24, 2.45) is 0 Å². The van der Waals surface area contributed by atoms with Crippen molar-refractivity contribution in [1.29, 1.82) is 0 Å². The van der Waals surface area contributed by atoms with E-state index in [0.717, 1.165) is 5.69 Å². The highest BCUT2D eigenvalue weighted by Crippen LogP contribution is 2.62. The molecule has 2 unspecified atom stereocenters. The minimum atomic E-state index is -0.0508. The molecule has 16 aromatic rings. The molecule has 0 aliphatic carbocycles. The summed E-state index contributed by atoms with van der Waals surface area (Å²) in [5.41, 5.74) is 20.5. The molecule has 2 aliphatic rings. The van der Waals surface area contributed by atoms with Crippen molar-refractivity contribution < 1.29 is 0 Å². The number of rotatable bonds is 6. The van der Waals surface area contributed by atoms with Crippen LogP contribution in [-0.4, -0.2) is 25.4 Å². The van der Waals surface area contributed by atoms with E-state index in [1.165, 1.54) is 155 Å². The number of fused-ring (bicyclic) bond motifs is 21. The Morgan fingerprint density at radius 1 is 0.309 bits per heavy atom. The topological polar surface area (TPSA) is 4.93 Å². The van der Waals surface area contributed by atoms with Crippen LogP contribution in [-0.2, 0) is 0 Å². The van der Waals surface area contributed by atoms with Crippen LogP contribution in [0.2, 0.25) is 0 Å². The first-order chi connectivity index (χ1) is 39.9. The van der Waals surface area contributed by atoms with Crippen LogP contribution >= 0.6 is 34.0 Å². The average Bonchev–Trinajstić information content (AvgIpc) is 3.76. The monoisotopic (exact) mass is 1090 g/mol. The van der Waals surface area contributed by atoms with Crippen LogP contribution in [0.15, 0.2) is 255 Å². The molecule has 2 aliphatic heterocycles. The van der Waals surface area contributed by atoms with Crippen LogP contribution in [0.4, 0.5) is 34.1 Å². The molecule has 0 saturated heterocycles. The molecule has 0 amide bonds. The van der Waals surface area contributed by atoms with E-state index < -0.39 is 0 Å². The Balaban J connectivity index is 0.809. The normalized spacial score (nSPS) is 16.4. The number of quaternary nitrogens is 2. The molecule has 7 heteroatoms. The summed E-state index contributed by atoms with van der Waals surface area (Å²) in [4.78, 5) is 0. The molecule has 81 heavy (non-hydrogen) atoms. The third-order valence-corrected chi connectivity index (χ3v) is 22.0. The number of hydrogen-bond acceptors (Lipinski definition) is 3. The van der Waals surface area contributed by atoms with Crippen LogP contribution < -0.4 is 25.4 Å². The van der Waals surface area contributed by atoms with Gasteiger partial charge in [-0.1, -0.05) is 174 Å². The number of benzene rings is 12.